The SMILES string of the molecule is CNC(C(=O)NC1CCC(c2ccccc2)CC1)c1cnn(C)c1. The largest absolute Gasteiger partial charge is 0.352 e. The monoisotopic (exact) mass is 326 g/mol. The van der Waals surface area contributed by atoms with Crippen LogP contribution >= 0.6 is 0 Å². The predicted molar refractivity (Wildman–Crippen MR) is 94.6 cm³/mol. The lowest BCUT2D eigenvalue weighted by Gasteiger charge is -2.30. The zero-order chi connectivity index (χ0) is 16.9. The number of likely N-dealkylation sites (N-methyl/N-ethyl adjacent to an activating group) is 1. The number of benzene rings is 1. The van der Waals surface area contributed by atoms with Gasteiger partial charge < -0.3 is 10.6 Å². The fourth-order valence-electron chi connectivity index (χ4n) is 3.62. The lowest BCUT2D eigenvalue weighted by Crippen LogP contribution is -2.43. The van der Waals surface area contributed by atoms with E-state index in [0.717, 1.165) is 31.2 Å². The fourth-order valence-corrected chi connectivity index (χ4v) is 3.62. The van der Waals surface area contributed by atoms with Gasteiger partial charge in [-0.1, -0.05) is 30.3 Å². The maximum absolute atomic E-state index is 12.6. The fraction of sp³-hybridized carbons (Fsp3) is 0.474. The Kier molecular flexibility index (Phi) is 5.30. The molecule has 24 heavy (non-hydrogen) atoms. The minimum atomic E-state index is -0.342. The Morgan fingerprint density at radius 2 is 1.92 bits per heavy atom. The van der Waals surface area contributed by atoms with Crippen LogP contribution in [0, 0.1) is 0 Å². The predicted octanol–water partition coefficient (Wildman–Crippen LogP) is 2.52. The van der Waals surface area contributed by atoms with Crippen molar-refractivity contribution in [2.45, 2.75) is 43.7 Å². The van der Waals surface area contributed by atoms with Gasteiger partial charge in [0.2, 0.25) is 5.91 Å². The van der Waals surface area contributed by atoms with E-state index >= 15 is 0 Å². The highest BCUT2D eigenvalue weighted by Crippen LogP contribution is 2.32. The van der Waals surface area contributed by atoms with Crippen molar-refractivity contribution >= 4 is 5.91 Å². The van der Waals surface area contributed by atoms with Crippen molar-refractivity contribution in [2.24, 2.45) is 7.05 Å². The highest BCUT2D eigenvalue weighted by molar-refractivity contribution is 5.83. The van der Waals surface area contributed by atoms with E-state index < -0.39 is 0 Å². The molecule has 5 nitrogen and oxygen atoms in total. The summed E-state index contributed by atoms with van der Waals surface area (Å²) in [6.07, 6.45) is 7.96. The number of aromatic nitrogens is 2. The summed E-state index contributed by atoms with van der Waals surface area (Å²) in [5.74, 6) is 0.659. The van der Waals surface area contributed by atoms with Gasteiger partial charge in [0.05, 0.1) is 6.20 Å². The van der Waals surface area contributed by atoms with E-state index in [4.69, 9.17) is 0 Å². The van der Waals surface area contributed by atoms with E-state index in [-0.39, 0.29) is 18.0 Å². The van der Waals surface area contributed by atoms with Crippen LogP contribution in [0.2, 0.25) is 0 Å². The number of nitrogens with zero attached hydrogens (tertiary/aromatic N) is 2. The van der Waals surface area contributed by atoms with E-state index in [1.54, 1.807) is 10.9 Å². The van der Waals surface area contributed by atoms with E-state index in [9.17, 15) is 4.79 Å². The average Bonchev–Trinajstić information content (AvgIpc) is 3.03. The van der Waals surface area contributed by atoms with E-state index in [0.29, 0.717) is 5.92 Å². The van der Waals surface area contributed by atoms with Crippen LogP contribution in [0.25, 0.3) is 0 Å². The van der Waals surface area contributed by atoms with Gasteiger partial charge in [0.15, 0.2) is 0 Å². The number of hydrogen-bond acceptors (Lipinski definition) is 3. The highest BCUT2D eigenvalue weighted by Gasteiger charge is 2.26. The number of carbonyl (C=O) groups is 1. The summed E-state index contributed by atoms with van der Waals surface area (Å²) in [6.45, 7) is 0. The molecular weight excluding hydrogens is 300 g/mol. The maximum atomic E-state index is 12.6. The number of rotatable bonds is 5. The summed E-state index contributed by atoms with van der Waals surface area (Å²) in [4.78, 5) is 12.6. The molecule has 0 spiro atoms. The molecule has 1 aromatic heterocycles. The van der Waals surface area contributed by atoms with Crippen molar-refractivity contribution in [1.82, 2.24) is 20.4 Å². The van der Waals surface area contributed by atoms with Crippen molar-refractivity contribution in [3.63, 3.8) is 0 Å². The molecule has 1 fully saturated rings. The third-order valence-corrected chi connectivity index (χ3v) is 4.95. The summed E-state index contributed by atoms with van der Waals surface area (Å²) in [6, 6.07) is 10.6. The zero-order valence-corrected chi connectivity index (χ0v) is 14.4. The molecule has 1 aliphatic carbocycles. The number of aryl methyl sites for hydroxylation is 1. The summed E-state index contributed by atoms with van der Waals surface area (Å²) < 4.78 is 1.72. The second-order valence-corrected chi connectivity index (χ2v) is 6.64. The molecule has 0 bridgehead atoms. The van der Waals surface area contributed by atoms with Crippen molar-refractivity contribution in [3.05, 3.63) is 53.9 Å². The minimum absolute atomic E-state index is 0.0358. The molecule has 0 aliphatic heterocycles. The number of nitrogens with one attached hydrogen (secondary N) is 2. The first-order chi connectivity index (χ1) is 11.7. The Bertz CT molecular complexity index is 659. The molecule has 1 heterocycles. The van der Waals surface area contributed by atoms with E-state index in [1.165, 1.54) is 5.56 Å². The van der Waals surface area contributed by atoms with E-state index in [2.05, 4.69) is 46.1 Å². The van der Waals surface area contributed by atoms with Crippen LogP contribution in [0.15, 0.2) is 42.7 Å². The summed E-state index contributed by atoms with van der Waals surface area (Å²) in [5.41, 5.74) is 2.32. The Balaban J connectivity index is 1.54. The molecular formula is C19H26N4O. The molecule has 1 saturated carbocycles. The summed E-state index contributed by atoms with van der Waals surface area (Å²) in [7, 11) is 3.67. The maximum Gasteiger partial charge on any atom is 0.242 e. The average molecular weight is 326 g/mol. The minimum Gasteiger partial charge on any atom is -0.352 e. The topological polar surface area (TPSA) is 59.0 Å². The van der Waals surface area contributed by atoms with Crippen LogP contribution < -0.4 is 10.6 Å². The molecule has 0 saturated heterocycles. The van der Waals surface area contributed by atoms with Gasteiger partial charge in [0, 0.05) is 24.8 Å². The number of carbonyl (C=O) groups excluding carboxylic acids is 1. The van der Waals surface area contributed by atoms with Crippen LogP contribution in [0.3, 0.4) is 0 Å². The van der Waals surface area contributed by atoms with Crippen molar-refractivity contribution in [1.29, 1.82) is 0 Å². The van der Waals surface area contributed by atoms with Gasteiger partial charge in [0.1, 0.15) is 6.04 Å². The Hall–Kier alpha value is -2.14. The lowest BCUT2D eigenvalue weighted by molar-refractivity contribution is -0.124. The van der Waals surface area contributed by atoms with Crippen LogP contribution in [0.4, 0.5) is 0 Å². The third kappa shape index (κ3) is 3.85. The first-order valence-electron chi connectivity index (χ1n) is 8.68. The van der Waals surface area contributed by atoms with Gasteiger partial charge in [-0.15, -0.1) is 0 Å². The summed E-state index contributed by atoms with van der Waals surface area (Å²) in [5, 5.41) is 10.5. The third-order valence-electron chi connectivity index (χ3n) is 4.95. The number of amides is 1. The second kappa shape index (κ2) is 7.62. The van der Waals surface area contributed by atoms with Gasteiger partial charge in [0.25, 0.3) is 0 Å². The van der Waals surface area contributed by atoms with Crippen LogP contribution in [0.5, 0.6) is 0 Å². The standard InChI is InChI=1S/C19H26N4O/c1-20-18(16-12-21-23(2)13-16)19(24)22-17-10-8-15(9-11-17)14-6-4-3-5-7-14/h3-7,12-13,15,17-18,20H,8-11H2,1-2H3,(H,22,24). The molecule has 1 unspecified atom stereocenters. The molecule has 128 valence electrons. The first-order valence-corrected chi connectivity index (χ1v) is 8.68. The van der Waals surface area contributed by atoms with Crippen molar-refractivity contribution in [3.8, 4) is 0 Å². The van der Waals surface area contributed by atoms with Gasteiger partial charge in [-0.25, -0.2) is 0 Å². The molecule has 1 aromatic carbocycles. The second-order valence-electron chi connectivity index (χ2n) is 6.64. The van der Waals surface area contributed by atoms with Crippen LogP contribution in [-0.4, -0.2) is 28.8 Å². The van der Waals surface area contributed by atoms with Crippen LogP contribution in [-0.2, 0) is 11.8 Å². The smallest absolute Gasteiger partial charge is 0.242 e. The molecule has 3 rings (SSSR count). The molecule has 2 aromatic rings. The molecule has 5 heteroatoms. The molecule has 0 radical (unpaired) electrons. The quantitative estimate of drug-likeness (QED) is 0.888. The zero-order valence-electron chi connectivity index (χ0n) is 14.4. The van der Waals surface area contributed by atoms with Crippen LogP contribution in [0.1, 0.15) is 48.8 Å². The normalized spacial score (nSPS) is 22.1. The Morgan fingerprint density at radius 1 is 1.21 bits per heavy atom. The highest BCUT2D eigenvalue weighted by atomic mass is 16.2. The molecule has 2 N–H and O–H groups in total. The van der Waals surface area contributed by atoms with Crippen molar-refractivity contribution < 1.29 is 4.79 Å². The Labute approximate surface area is 143 Å². The lowest BCUT2D eigenvalue weighted by atomic mass is 9.81. The van der Waals surface area contributed by atoms with Gasteiger partial charge in [-0.2, -0.15) is 5.10 Å². The molecule has 1 amide bonds. The molecule has 1 atom stereocenters. The van der Waals surface area contributed by atoms with Gasteiger partial charge in [-0.3, -0.25) is 9.48 Å². The van der Waals surface area contributed by atoms with Gasteiger partial charge in [-0.05, 0) is 44.2 Å². The first kappa shape index (κ1) is 16.7. The van der Waals surface area contributed by atoms with Gasteiger partial charge >= 0.3 is 0 Å². The van der Waals surface area contributed by atoms with E-state index in [1.807, 2.05) is 20.3 Å². The Morgan fingerprint density at radius 3 is 2.50 bits per heavy atom. The molecule has 1 aliphatic rings. The van der Waals surface area contributed by atoms with Crippen molar-refractivity contribution in [2.75, 3.05) is 7.05 Å². The number of hydrogen-bond donors (Lipinski definition) is 2. The summed E-state index contributed by atoms with van der Waals surface area (Å²) >= 11 is 0.